The molecule has 0 aliphatic carbocycles. The van der Waals surface area contributed by atoms with Crippen LogP contribution >= 0.6 is 0 Å². The molecule has 3 N–H and O–H groups in total. The monoisotopic (exact) mass is 915 g/mol. The zero-order chi connectivity index (χ0) is 45.6. The molecule has 0 radical (unpaired) electrons. The third kappa shape index (κ3) is 7.58. The number of para-hydroxylation sites is 1. The number of carbonyl (C=O) groups is 3. The van der Waals surface area contributed by atoms with Crippen LogP contribution < -0.4 is 19.9 Å². The Labute approximate surface area is 378 Å². The van der Waals surface area contributed by atoms with Gasteiger partial charge in [0, 0.05) is 110 Å². The summed E-state index contributed by atoms with van der Waals surface area (Å²) < 4.78 is 81.8. The summed E-state index contributed by atoms with van der Waals surface area (Å²) in [4.78, 5) is 50.6. The molecule has 8 heterocycles. The van der Waals surface area contributed by atoms with Gasteiger partial charge in [0.05, 0.1) is 37.5 Å². The standard InChI is InChI=1S/C48H53F4N7O7/c1-27-14-34-32-4-2-3-5-37(32)53-43(34)44(59(27)25-47(51,52)26-60)42-35(49)16-30(17-36(42)50)56-10-8-48(9-11-56)65-22-28(23-66-48)19-55-12-13-57-31(21-55)24-64-40-18-33-29(15-39(40)57)20-58(46(33)63)38-6-7-41(61)54-45(38)62/h2-5,15-18,27-28,31,38,44,53,60H,6-14,19-26H2,1H3,(H,54,61,62)/t27-,31+,38?,44-/m1/s1. The summed E-state index contributed by atoms with van der Waals surface area (Å²) in [5.41, 5.74) is 4.43. The van der Waals surface area contributed by atoms with Crippen LogP contribution in [0.1, 0.15) is 71.4 Å². The van der Waals surface area contributed by atoms with Crippen molar-refractivity contribution >= 4 is 40.0 Å². The van der Waals surface area contributed by atoms with Crippen molar-refractivity contribution < 1.29 is 51.3 Å². The van der Waals surface area contributed by atoms with E-state index in [0.29, 0.717) is 87.8 Å². The number of hydrogen-bond acceptors (Lipinski definition) is 11. The fraction of sp³-hybridized carbons (Fsp3) is 0.521. The van der Waals surface area contributed by atoms with E-state index in [1.807, 2.05) is 35.2 Å². The Kier molecular flexibility index (Phi) is 10.8. The number of aliphatic hydroxyl groups is 1. The number of carbonyl (C=O) groups excluding carboxylic acids is 3. The van der Waals surface area contributed by atoms with Crippen LogP contribution in [0.25, 0.3) is 10.9 Å². The summed E-state index contributed by atoms with van der Waals surface area (Å²) in [6.07, 6.45) is 1.88. The highest BCUT2D eigenvalue weighted by Crippen LogP contribution is 2.45. The molecule has 3 amide bonds. The van der Waals surface area contributed by atoms with Gasteiger partial charge in [-0.05, 0) is 61.2 Å². The Morgan fingerprint density at radius 1 is 0.939 bits per heavy atom. The number of alkyl halides is 2. The molecule has 0 saturated carbocycles. The van der Waals surface area contributed by atoms with E-state index in [2.05, 4.69) is 20.1 Å². The van der Waals surface area contributed by atoms with Crippen LogP contribution in [-0.2, 0) is 32.0 Å². The van der Waals surface area contributed by atoms with E-state index in [4.69, 9.17) is 14.2 Å². The first-order valence-corrected chi connectivity index (χ1v) is 23.1. The number of fused-ring (bicyclic) bond motifs is 7. The summed E-state index contributed by atoms with van der Waals surface area (Å²) >= 11 is 0. The molecule has 7 aliphatic heterocycles. The van der Waals surface area contributed by atoms with Crippen LogP contribution in [0.2, 0.25) is 0 Å². The van der Waals surface area contributed by atoms with Gasteiger partial charge in [0.2, 0.25) is 11.8 Å². The van der Waals surface area contributed by atoms with Crippen molar-refractivity contribution in [2.24, 2.45) is 5.92 Å². The van der Waals surface area contributed by atoms with Crippen molar-refractivity contribution in [2.75, 3.05) is 82.0 Å². The lowest BCUT2D eigenvalue weighted by Gasteiger charge is -2.48. The molecule has 11 rings (SSSR count). The second-order valence-corrected chi connectivity index (χ2v) is 19.2. The number of piperazine rings is 1. The molecule has 3 aromatic carbocycles. The molecule has 7 aliphatic rings. The van der Waals surface area contributed by atoms with Gasteiger partial charge in [-0.2, -0.15) is 0 Å². The summed E-state index contributed by atoms with van der Waals surface area (Å²) in [6, 6.07) is 11.6. The molecule has 4 fully saturated rings. The highest BCUT2D eigenvalue weighted by atomic mass is 19.3. The maximum Gasteiger partial charge on any atom is 0.283 e. The minimum Gasteiger partial charge on any atom is -0.489 e. The van der Waals surface area contributed by atoms with Crippen molar-refractivity contribution in [2.45, 2.75) is 81.4 Å². The first-order chi connectivity index (χ1) is 31.8. The largest absolute Gasteiger partial charge is 0.489 e. The van der Waals surface area contributed by atoms with E-state index >= 15 is 8.78 Å². The van der Waals surface area contributed by atoms with Gasteiger partial charge in [-0.15, -0.1) is 0 Å². The lowest BCUT2D eigenvalue weighted by atomic mass is 9.87. The Morgan fingerprint density at radius 3 is 2.44 bits per heavy atom. The molecular formula is C48H53F4N7O7. The van der Waals surface area contributed by atoms with Crippen LogP contribution in [0.4, 0.5) is 28.9 Å². The van der Waals surface area contributed by atoms with Crippen molar-refractivity contribution in [3.05, 3.63) is 88.1 Å². The third-order valence-electron chi connectivity index (χ3n) is 15.0. The normalized spacial score (nSPS) is 26.0. The summed E-state index contributed by atoms with van der Waals surface area (Å²) in [5.74, 6) is -6.14. The summed E-state index contributed by atoms with van der Waals surface area (Å²) in [6.45, 7) is 5.29. The van der Waals surface area contributed by atoms with Crippen LogP contribution in [0.5, 0.6) is 5.75 Å². The molecule has 14 nitrogen and oxygen atoms in total. The zero-order valence-electron chi connectivity index (χ0n) is 36.7. The van der Waals surface area contributed by atoms with Crippen LogP contribution in [0.15, 0.2) is 48.5 Å². The Hall–Kier alpha value is -5.27. The number of aromatic amines is 1. The molecule has 18 heteroatoms. The van der Waals surface area contributed by atoms with Crippen molar-refractivity contribution in [1.29, 1.82) is 0 Å². The topological polar surface area (TPSA) is 143 Å². The van der Waals surface area contributed by atoms with Gasteiger partial charge in [0.1, 0.15) is 36.6 Å². The minimum atomic E-state index is -3.48. The number of ether oxygens (including phenoxy) is 3. The van der Waals surface area contributed by atoms with E-state index in [9.17, 15) is 28.3 Å². The smallest absolute Gasteiger partial charge is 0.283 e. The molecule has 1 unspecified atom stereocenters. The van der Waals surface area contributed by atoms with Crippen LogP contribution in [0, 0.1) is 17.6 Å². The number of rotatable bonds is 8. The number of H-pyrrole nitrogens is 1. The lowest BCUT2D eigenvalue weighted by molar-refractivity contribution is -0.291. The number of aliphatic hydroxyl groups excluding tert-OH is 1. The maximum absolute atomic E-state index is 16.5. The first-order valence-electron chi connectivity index (χ1n) is 23.1. The second-order valence-electron chi connectivity index (χ2n) is 19.2. The van der Waals surface area contributed by atoms with Crippen LogP contribution in [-0.4, -0.2) is 145 Å². The van der Waals surface area contributed by atoms with Gasteiger partial charge < -0.3 is 39.0 Å². The quantitative estimate of drug-likeness (QED) is 0.167. The Morgan fingerprint density at radius 2 is 1.70 bits per heavy atom. The number of anilines is 2. The van der Waals surface area contributed by atoms with Gasteiger partial charge in [0.25, 0.3) is 11.8 Å². The number of halogens is 4. The number of aromatic nitrogens is 1. The molecular weight excluding hydrogens is 863 g/mol. The number of hydrogen-bond donors (Lipinski definition) is 3. The molecule has 4 atom stereocenters. The SMILES string of the molecule is C[C@@H]1Cc2c([nH]c3ccccc23)[C@@H](c2c(F)cc(N3CCC4(CC3)OCC(CN3CCN5c6cc7c(cc6OC[C@@H]5C3)C(=O)N(C3CCC(=O)NC3=O)C7)CO4)cc2F)N1CC(F)(F)CO. The number of nitrogens with one attached hydrogen (secondary N) is 2. The number of amides is 3. The highest BCUT2D eigenvalue weighted by molar-refractivity contribution is 6.06. The van der Waals surface area contributed by atoms with E-state index in [0.717, 1.165) is 53.9 Å². The average Bonchev–Trinajstić information content (AvgIpc) is 3.83. The van der Waals surface area contributed by atoms with E-state index in [1.165, 1.54) is 17.0 Å². The van der Waals surface area contributed by atoms with Gasteiger partial charge in [0.15, 0.2) is 5.79 Å². The predicted octanol–water partition coefficient (Wildman–Crippen LogP) is 4.71. The predicted molar refractivity (Wildman–Crippen MR) is 234 cm³/mol. The second kappa shape index (κ2) is 16.5. The van der Waals surface area contributed by atoms with Crippen molar-refractivity contribution in [1.82, 2.24) is 25.0 Å². The van der Waals surface area contributed by atoms with Crippen molar-refractivity contribution in [3.63, 3.8) is 0 Å². The summed E-state index contributed by atoms with van der Waals surface area (Å²) in [5, 5.41) is 12.7. The van der Waals surface area contributed by atoms with Crippen molar-refractivity contribution in [3.8, 4) is 5.75 Å². The number of benzene rings is 3. The fourth-order valence-corrected chi connectivity index (χ4v) is 11.5. The molecule has 4 aromatic rings. The van der Waals surface area contributed by atoms with Gasteiger partial charge in [-0.25, -0.2) is 17.6 Å². The minimum absolute atomic E-state index is 0.102. The van der Waals surface area contributed by atoms with E-state index < -0.39 is 60.5 Å². The van der Waals surface area contributed by atoms with Gasteiger partial charge in [-0.1, -0.05) is 18.2 Å². The molecule has 0 bridgehead atoms. The molecule has 66 heavy (non-hydrogen) atoms. The van der Waals surface area contributed by atoms with E-state index in [-0.39, 0.29) is 35.8 Å². The third-order valence-corrected chi connectivity index (χ3v) is 15.0. The maximum atomic E-state index is 16.5. The molecule has 4 saturated heterocycles. The lowest BCUT2D eigenvalue weighted by Crippen LogP contribution is -2.59. The fourth-order valence-electron chi connectivity index (χ4n) is 11.5. The Bertz CT molecular complexity index is 2570. The zero-order valence-corrected chi connectivity index (χ0v) is 36.7. The molecule has 1 aromatic heterocycles. The van der Waals surface area contributed by atoms with Gasteiger partial charge >= 0.3 is 0 Å². The van der Waals surface area contributed by atoms with Crippen LogP contribution in [0.3, 0.4) is 0 Å². The molecule has 350 valence electrons. The highest BCUT2D eigenvalue weighted by Gasteiger charge is 2.46. The number of piperidine rings is 2. The van der Waals surface area contributed by atoms with E-state index in [1.54, 1.807) is 17.9 Å². The Balaban J connectivity index is 0.708. The molecule has 1 spiro atoms. The number of nitrogens with zero attached hydrogens (tertiary/aromatic N) is 5. The average molecular weight is 916 g/mol. The number of imide groups is 1. The summed E-state index contributed by atoms with van der Waals surface area (Å²) in [7, 11) is 0. The first kappa shape index (κ1) is 43.3. The van der Waals surface area contributed by atoms with Gasteiger partial charge in [-0.3, -0.25) is 29.5 Å².